The zero-order valence-electron chi connectivity index (χ0n) is 17.2. The first-order valence-electron chi connectivity index (χ1n) is 9.96. The fourth-order valence-corrected chi connectivity index (χ4v) is 4.24. The van der Waals surface area contributed by atoms with E-state index in [4.69, 9.17) is 11.6 Å². The lowest BCUT2D eigenvalue weighted by atomic mass is 10.0. The molecule has 0 unspecified atom stereocenters. The Hall–Kier alpha value is -3.36. The number of halogens is 1. The Kier molecular flexibility index (Phi) is 6.72. The number of benzene rings is 3. The summed E-state index contributed by atoms with van der Waals surface area (Å²) >= 11 is 7.28. The predicted octanol–water partition coefficient (Wildman–Crippen LogP) is 4.14. The Morgan fingerprint density at radius 1 is 1.22 bits per heavy atom. The number of aromatic nitrogens is 3. The second-order valence-corrected chi connectivity index (χ2v) is 8.29. The quantitative estimate of drug-likeness (QED) is 0.165. The van der Waals surface area contributed by atoms with E-state index in [-0.39, 0.29) is 17.4 Å². The average Bonchev–Trinajstić information content (AvgIpc) is 3.22. The molecule has 4 aromatic rings. The lowest BCUT2D eigenvalue weighted by molar-refractivity contribution is -0.719. The molecule has 7 nitrogen and oxygen atoms in total. The van der Waals surface area contributed by atoms with Crippen LogP contribution in [0, 0.1) is 0 Å². The van der Waals surface area contributed by atoms with Crippen molar-refractivity contribution in [2.45, 2.75) is 18.6 Å². The van der Waals surface area contributed by atoms with Gasteiger partial charge in [0.25, 0.3) is 11.7 Å². The third kappa shape index (κ3) is 4.76. The minimum absolute atomic E-state index is 0.103. The lowest BCUT2D eigenvalue weighted by Gasteiger charge is -2.04. The molecule has 0 saturated carbocycles. The lowest BCUT2D eigenvalue weighted by Crippen LogP contribution is -2.36. The van der Waals surface area contributed by atoms with Crippen LogP contribution in [0.4, 0.5) is 0 Å². The summed E-state index contributed by atoms with van der Waals surface area (Å²) in [6.45, 7) is 2.71. The summed E-state index contributed by atoms with van der Waals surface area (Å²) in [6, 6.07) is 18.6. The van der Waals surface area contributed by atoms with Crippen molar-refractivity contribution in [2.75, 3.05) is 5.75 Å². The van der Waals surface area contributed by atoms with Crippen LogP contribution in [-0.2, 0) is 11.3 Å². The molecule has 0 aliphatic rings. The molecule has 0 saturated heterocycles. The van der Waals surface area contributed by atoms with Gasteiger partial charge in [0.1, 0.15) is 5.75 Å². The van der Waals surface area contributed by atoms with Crippen LogP contribution in [-0.4, -0.2) is 33.2 Å². The smallest absolute Gasteiger partial charge is 0.337 e. The maximum absolute atomic E-state index is 12.3. The number of amides is 1. The fourth-order valence-electron chi connectivity index (χ4n) is 3.30. The summed E-state index contributed by atoms with van der Waals surface area (Å²) in [4.78, 5) is 12.3. The number of phenolic OH excluding ortho intramolecular Hbond substituents is 1. The molecular weight excluding hydrogens is 446 g/mol. The van der Waals surface area contributed by atoms with Gasteiger partial charge in [0.15, 0.2) is 0 Å². The van der Waals surface area contributed by atoms with Gasteiger partial charge in [0.2, 0.25) is 0 Å². The second kappa shape index (κ2) is 9.84. The third-order valence-corrected chi connectivity index (χ3v) is 6.08. The highest BCUT2D eigenvalue weighted by Crippen LogP contribution is 2.25. The minimum Gasteiger partial charge on any atom is -0.507 e. The van der Waals surface area contributed by atoms with Crippen molar-refractivity contribution in [1.29, 1.82) is 0 Å². The summed E-state index contributed by atoms with van der Waals surface area (Å²) in [5, 5.41) is 24.8. The highest BCUT2D eigenvalue weighted by molar-refractivity contribution is 7.99. The van der Waals surface area contributed by atoms with Gasteiger partial charge in [0.05, 0.1) is 29.2 Å². The van der Waals surface area contributed by atoms with E-state index in [1.54, 1.807) is 6.07 Å². The Balaban J connectivity index is 1.41. The van der Waals surface area contributed by atoms with E-state index in [1.807, 2.05) is 66.1 Å². The number of hydrogen-bond donors (Lipinski definition) is 3. The van der Waals surface area contributed by atoms with E-state index < -0.39 is 0 Å². The number of nitrogens with zero attached hydrogens (tertiary/aromatic N) is 3. The molecule has 0 aliphatic carbocycles. The molecule has 3 N–H and O–H groups in total. The summed E-state index contributed by atoms with van der Waals surface area (Å²) in [5.74, 6) is 0.816. The first kappa shape index (κ1) is 21.9. The van der Waals surface area contributed by atoms with Gasteiger partial charge in [-0.15, -0.1) is 5.10 Å². The highest BCUT2D eigenvalue weighted by atomic mass is 35.5. The zero-order chi connectivity index (χ0) is 22.5. The number of fused-ring (bicyclic) bond motifs is 1. The molecular formula is C23H21ClN5O2S+. The summed E-state index contributed by atoms with van der Waals surface area (Å²) in [7, 11) is 0. The van der Waals surface area contributed by atoms with Crippen LogP contribution in [0.2, 0.25) is 5.02 Å². The standard InChI is InChI=1S/C23H20ClN5O2S/c1-2-29-22(16-7-10-17(24)11-8-16)27-28-23(29)32-14-21(31)26-25-13-19-18-6-4-3-5-15(18)9-12-20(19)30/h3-13H,2,14H2,1H3,(H2,25,26,30,31)/p+1. The molecule has 0 fully saturated rings. The van der Waals surface area contributed by atoms with Crippen LogP contribution in [0.3, 0.4) is 0 Å². The normalized spacial score (nSPS) is 11.3. The zero-order valence-corrected chi connectivity index (χ0v) is 18.8. The van der Waals surface area contributed by atoms with Crippen LogP contribution >= 0.6 is 23.4 Å². The molecule has 0 aliphatic heterocycles. The molecule has 3 aromatic carbocycles. The summed E-state index contributed by atoms with van der Waals surface area (Å²) in [5.41, 5.74) is 4.03. The van der Waals surface area contributed by atoms with E-state index in [2.05, 4.69) is 20.7 Å². The van der Waals surface area contributed by atoms with Crippen molar-refractivity contribution in [2.24, 2.45) is 5.10 Å². The van der Waals surface area contributed by atoms with E-state index >= 15 is 0 Å². The highest BCUT2D eigenvalue weighted by Gasteiger charge is 2.21. The predicted molar refractivity (Wildman–Crippen MR) is 127 cm³/mol. The Labute approximate surface area is 194 Å². The summed E-state index contributed by atoms with van der Waals surface area (Å²) < 4.78 is 2.00. The molecule has 0 atom stereocenters. The van der Waals surface area contributed by atoms with Gasteiger partial charge in [-0.05, 0) is 59.8 Å². The fraction of sp³-hybridized carbons (Fsp3) is 0.130. The van der Waals surface area contributed by atoms with Gasteiger partial charge in [-0.2, -0.15) is 5.10 Å². The number of nitrogens with one attached hydrogen (secondary N) is 2. The Morgan fingerprint density at radius 2 is 2.00 bits per heavy atom. The number of rotatable bonds is 7. The molecule has 1 aromatic heterocycles. The van der Waals surface area contributed by atoms with Crippen molar-refractivity contribution in [1.82, 2.24) is 15.6 Å². The molecule has 0 spiro atoms. The van der Waals surface area contributed by atoms with E-state index in [9.17, 15) is 9.90 Å². The van der Waals surface area contributed by atoms with Gasteiger partial charge in [-0.3, -0.25) is 4.79 Å². The molecule has 0 bridgehead atoms. The first-order chi connectivity index (χ1) is 15.6. The van der Waals surface area contributed by atoms with Crippen LogP contribution in [0.25, 0.3) is 22.2 Å². The molecule has 1 amide bonds. The van der Waals surface area contributed by atoms with Crippen LogP contribution in [0.1, 0.15) is 12.5 Å². The van der Waals surface area contributed by atoms with Crippen LogP contribution in [0.5, 0.6) is 5.75 Å². The van der Waals surface area contributed by atoms with Crippen molar-refractivity contribution < 1.29 is 14.5 Å². The van der Waals surface area contributed by atoms with E-state index in [0.717, 1.165) is 22.2 Å². The first-order valence-corrected chi connectivity index (χ1v) is 11.3. The minimum atomic E-state index is -0.273. The number of H-pyrrole nitrogens is 1. The number of aromatic hydroxyl groups is 1. The molecule has 4 rings (SSSR count). The van der Waals surface area contributed by atoms with Gasteiger partial charge >= 0.3 is 5.16 Å². The van der Waals surface area contributed by atoms with Crippen molar-refractivity contribution in [3.8, 4) is 17.1 Å². The van der Waals surface area contributed by atoms with Crippen molar-refractivity contribution >= 4 is 46.3 Å². The second-order valence-electron chi connectivity index (χ2n) is 6.91. The van der Waals surface area contributed by atoms with Crippen LogP contribution in [0.15, 0.2) is 70.9 Å². The Bertz CT molecular complexity index is 1290. The number of hydrogen-bond acceptors (Lipinski definition) is 5. The third-order valence-electron chi connectivity index (χ3n) is 4.86. The molecule has 162 valence electrons. The van der Waals surface area contributed by atoms with Gasteiger partial charge < -0.3 is 5.11 Å². The number of carbonyl (C=O) groups excluding carboxylic acids is 1. The van der Waals surface area contributed by atoms with Crippen molar-refractivity contribution in [3.63, 3.8) is 0 Å². The van der Waals surface area contributed by atoms with Crippen LogP contribution < -0.4 is 9.99 Å². The maximum atomic E-state index is 12.3. The van der Waals surface area contributed by atoms with Gasteiger partial charge in [-0.1, -0.05) is 41.9 Å². The topological polar surface area (TPSA) is 94.2 Å². The van der Waals surface area contributed by atoms with E-state index in [0.29, 0.717) is 22.3 Å². The van der Waals surface area contributed by atoms with E-state index in [1.165, 1.54) is 18.0 Å². The molecule has 1 heterocycles. The number of phenols is 1. The average molecular weight is 467 g/mol. The molecule has 0 radical (unpaired) electrons. The molecule has 32 heavy (non-hydrogen) atoms. The van der Waals surface area contributed by atoms with Gasteiger partial charge in [0, 0.05) is 10.6 Å². The number of thioether (sulfide) groups is 1. The Morgan fingerprint density at radius 3 is 2.78 bits per heavy atom. The number of carbonyl (C=O) groups is 1. The van der Waals surface area contributed by atoms with Gasteiger partial charge in [-0.25, -0.2) is 9.99 Å². The summed E-state index contributed by atoms with van der Waals surface area (Å²) in [6.07, 6.45) is 1.46. The number of aromatic amines is 1. The number of hydrazone groups is 1. The maximum Gasteiger partial charge on any atom is 0.337 e. The monoisotopic (exact) mass is 466 g/mol. The van der Waals surface area contributed by atoms with Crippen molar-refractivity contribution in [3.05, 3.63) is 71.2 Å². The SMILES string of the molecule is CC[n+]1c(SCC(=O)NN=Cc2c(O)ccc3ccccc23)n[nH]c1-c1ccc(Cl)cc1. The molecule has 9 heteroatoms. The largest absolute Gasteiger partial charge is 0.507 e.